The number of ether oxygens (including phenoxy) is 1. The van der Waals surface area contributed by atoms with E-state index < -0.39 is 0 Å². The van der Waals surface area contributed by atoms with E-state index in [-0.39, 0.29) is 0 Å². The Labute approximate surface area is 101 Å². The first-order chi connectivity index (χ1) is 7.79. The molecule has 16 heavy (non-hydrogen) atoms. The Kier molecular flexibility index (Phi) is 3.58. The predicted octanol–water partition coefficient (Wildman–Crippen LogP) is 2.07. The zero-order chi connectivity index (χ0) is 11.4. The molecule has 0 unspecified atom stereocenters. The van der Waals surface area contributed by atoms with Gasteiger partial charge < -0.3 is 10.5 Å². The quantitative estimate of drug-likeness (QED) is 0.900. The molecule has 0 saturated carbocycles. The summed E-state index contributed by atoms with van der Waals surface area (Å²) in [6.07, 6.45) is 1.52. The van der Waals surface area contributed by atoms with Crippen molar-refractivity contribution in [1.29, 1.82) is 0 Å². The highest BCUT2D eigenvalue weighted by Gasteiger charge is 2.06. The fraction of sp³-hybridized carbons (Fsp3) is 0.222. The number of nitrogens with two attached hydrogens (primary N) is 1. The molecule has 0 aliphatic carbocycles. The van der Waals surface area contributed by atoms with Crippen molar-refractivity contribution in [2.24, 2.45) is 0 Å². The second kappa shape index (κ2) is 5.13. The van der Waals surface area contributed by atoms with Gasteiger partial charge in [0.15, 0.2) is 4.34 Å². The van der Waals surface area contributed by atoms with Gasteiger partial charge in [0.2, 0.25) is 5.88 Å². The topological polar surface area (TPSA) is 73.9 Å². The zero-order valence-electron chi connectivity index (χ0n) is 8.58. The van der Waals surface area contributed by atoms with Crippen LogP contribution in [0.15, 0.2) is 27.8 Å². The number of pyridine rings is 1. The molecule has 0 amide bonds. The normalized spacial score (nSPS) is 10.3. The van der Waals surface area contributed by atoms with Crippen LogP contribution >= 0.6 is 23.3 Å². The van der Waals surface area contributed by atoms with E-state index in [1.807, 2.05) is 13.0 Å². The summed E-state index contributed by atoms with van der Waals surface area (Å²) < 4.78 is 10.1. The van der Waals surface area contributed by atoms with Gasteiger partial charge in [-0.1, -0.05) is 0 Å². The zero-order valence-corrected chi connectivity index (χ0v) is 10.2. The van der Waals surface area contributed by atoms with E-state index in [4.69, 9.17) is 10.5 Å². The first-order valence-electron chi connectivity index (χ1n) is 4.63. The molecule has 2 N–H and O–H groups in total. The van der Waals surface area contributed by atoms with Gasteiger partial charge in [-0.2, -0.15) is 4.37 Å². The number of hydrogen-bond acceptors (Lipinski definition) is 7. The summed E-state index contributed by atoms with van der Waals surface area (Å²) in [5, 5.41) is 0.800. The SMILES string of the molecule is CCOc1nc(Sc2ncns2)ccc1N. The van der Waals surface area contributed by atoms with Crippen molar-refractivity contribution >= 4 is 29.0 Å². The summed E-state index contributed by atoms with van der Waals surface area (Å²) >= 11 is 2.77. The number of rotatable bonds is 4. The molecule has 0 fully saturated rings. The van der Waals surface area contributed by atoms with Crippen LogP contribution in [0.4, 0.5) is 5.69 Å². The average Bonchev–Trinajstić information content (AvgIpc) is 2.76. The van der Waals surface area contributed by atoms with Crippen LogP contribution < -0.4 is 10.5 Å². The lowest BCUT2D eigenvalue weighted by atomic mass is 10.4. The first kappa shape index (κ1) is 11.2. The summed E-state index contributed by atoms with van der Waals surface area (Å²) in [5.41, 5.74) is 6.27. The molecule has 0 atom stereocenters. The Balaban J connectivity index is 2.19. The molecule has 2 rings (SSSR count). The Morgan fingerprint density at radius 1 is 1.50 bits per heavy atom. The molecule has 0 aliphatic rings. The number of nitrogens with zero attached hydrogens (tertiary/aromatic N) is 3. The molecule has 2 heterocycles. The van der Waals surface area contributed by atoms with E-state index in [1.54, 1.807) is 6.07 Å². The number of anilines is 1. The smallest absolute Gasteiger partial charge is 0.238 e. The lowest BCUT2D eigenvalue weighted by Gasteiger charge is -2.06. The highest BCUT2D eigenvalue weighted by Crippen LogP contribution is 2.29. The molecule has 2 aromatic rings. The van der Waals surface area contributed by atoms with Gasteiger partial charge in [-0.25, -0.2) is 9.97 Å². The van der Waals surface area contributed by atoms with Crippen molar-refractivity contribution in [2.45, 2.75) is 16.3 Å². The van der Waals surface area contributed by atoms with Crippen LogP contribution in [0.1, 0.15) is 6.92 Å². The summed E-state index contributed by atoms with van der Waals surface area (Å²) in [4.78, 5) is 8.36. The van der Waals surface area contributed by atoms with Gasteiger partial charge in [-0.3, -0.25) is 0 Å². The Morgan fingerprint density at radius 2 is 2.38 bits per heavy atom. The fourth-order valence-corrected chi connectivity index (χ4v) is 2.40. The number of hydrogen-bond donors (Lipinski definition) is 1. The summed E-state index contributed by atoms with van der Waals surface area (Å²) in [5.74, 6) is 0.469. The average molecular weight is 254 g/mol. The van der Waals surface area contributed by atoms with Gasteiger partial charge in [-0.05, 0) is 42.4 Å². The molecule has 0 aromatic carbocycles. The number of aromatic nitrogens is 3. The number of nitrogen functional groups attached to an aromatic ring is 1. The predicted molar refractivity (Wildman–Crippen MR) is 63.9 cm³/mol. The largest absolute Gasteiger partial charge is 0.476 e. The van der Waals surface area contributed by atoms with E-state index in [1.165, 1.54) is 29.6 Å². The lowest BCUT2D eigenvalue weighted by Crippen LogP contribution is -1.99. The van der Waals surface area contributed by atoms with Gasteiger partial charge in [0.1, 0.15) is 11.4 Å². The summed E-state index contributed by atoms with van der Waals surface area (Å²) in [6.45, 7) is 2.44. The third kappa shape index (κ3) is 2.61. The van der Waals surface area contributed by atoms with Gasteiger partial charge in [0.05, 0.1) is 12.3 Å². The van der Waals surface area contributed by atoms with E-state index in [9.17, 15) is 0 Å². The van der Waals surface area contributed by atoms with Crippen LogP contribution in [0.25, 0.3) is 0 Å². The van der Waals surface area contributed by atoms with Crippen molar-refractivity contribution in [3.63, 3.8) is 0 Å². The molecular weight excluding hydrogens is 244 g/mol. The van der Waals surface area contributed by atoms with Crippen molar-refractivity contribution in [3.8, 4) is 5.88 Å². The van der Waals surface area contributed by atoms with Crippen molar-refractivity contribution in [2.75, 3.05) is 12.3 Å². The lowest BCUT2D eigenvalue weighted by molar-refractivity contribution is 0.326. The molecule has 0 spiro atoms. The third-order valence-corrected chi connectivity index (χ3v) is 3.33. The monoisotopic (exact) mass is 254 g/mol. The van der Waals surface area contributed by atoms with Crippen LogP contribution in [0.3, 0.4) is 0 Å². The minimum atomic E-state index is 0.469. The Hall–Kier alpha value is -1.34. The maximum Gasteiger partial charge on any atom is 0.238 e. The van der Waals surface area contributed by atoms with Gasteiger partial charge in [0.25, 0.3) is 0 Å². The molecule has 0 saturated heterocycles. The second-order valence-corrected chi connectivity index (χ2v) is 4.83. The van der Waals surface area contributed by atoms with E-state index in [2.05, 4.69) is 14.3 Å². The van der Waals surface area contributed by atoms with Crippen LogP contribution in [-0.4, -0.2) is 20.9 Å². The molecular formula is C9H10N4OS2. The molecule has 2 aromatic heterocycles. The van der Waals surface area contributed by atoms with E-state index in [0.29, 0.717) is 18.2 Å². The Morgan fingerprint density at radius 3 is 3.06 bits per heavy atom. The van der Waals surface area contributed by atoms with Crippen molar-refractivity contribution in [3.05, 3.63) is 18.5 Å². The second-order valence-electron chi connectivity index (χ2n) is 2.79. The van der Waals surface area contributed by atoms with Crippen molar-refractivity contribution in [1.82, 2.24) is 14.3 Å². The van der Waals surface area contributed by atoms with Crippen LogP contribution in [-0.2, 0) is 0 Å². The van der Waals surface area contributed by atoms with Crippen LogP contribution in [0.5, 0.6) is 5.88 Å². The van der Waals surface area contributed by atoms with Crippen molar-refractivity contribution < 1.29 is 4.74 Å². The third-order valence-electron chi connectivity index (χ3n) is 1.68. The Bertz CT molecular complexity index is 461. The van der Waals surface area contributed by atoms with E-state index in [0.717, 1.165) is 9.37 Å². The minimum Gasteiger partial charge on any atom is -0.476 e. The van der Waals surface area contributed by atoms with Gasteiger partial charge in [0, 0.05) is 0 Å². The van der Waals surface area contributed by atoms with Crippen LogP contribution in [0, 0.1) is 0 Å². The summed E-state index contributed by atoms with van der Waals surface area (Å²) in [7, 11) is 0. The van der Waals surface area contributed by atoms with E-state index >= 15 is 0 Å². The highest BCUT2D eigenvalue weighted by molar-refractivity contribution is 8.00. The molecule has 5 nitrogen and oxygen atoms in total. The first-order valence-corrected chi connectivity index (χ1v) is 6.22. The summed E-state index contributed by atoms with van der Waals surface area (Å²) in [6, 6.07) is 3.62. The minimum absolute atomic E-state index is 0.469. The maximum absolute atomic E-state index is 5.73. The molecule has 0 bridgehead atoms. The maximum atomic E-state index is 5.73. The standard InChI is InChI=1S/C9H10N4OS2/c1-2-14-8-6(10)3-4-7(13-8)15-9-11-5-12-16-9/h3-5H,2,10H2,1H3. The highest BCUT2D eigenvalue weighted by atomic mass is 32.2. The molecule has 0 radical (unpaired) electrons. The fourth-order valence-electron chi connectivity index (χ4n) is 1.04. The van der Waals surface area contributed by atoms with Gasteiger partial charge in [-0.15, -0.1) is 0 Å². The van der Waals surface area contributed by atoms with Crippen LogP contribution in [0.2, 0.25) is 0 Å². The molecule has 7 heteroatoms. The molecule has 84 valence electrons. The molecule has 0 aliphatic heterocycles. The van der Waals surface area contributed by atoms with Gasteiger partial charge >= 0.3 is 0 Å².